The number of hydrogen-bond acceptors (Lipinski definition) is 4. The molecule has 4 heteroatoms. The quantitative estimate of drug-likeness (QED) is 0.144. The van der Waals surface area contributed by atoms with Crippen LogP contribution < -0.4 is 11.5 Å². The third-order valence-corrected chi connectivity index (χ3v) is 14.3. The van der Waals surface area contributed by atoms with Crippen molar-refractivity contribution < 1.29 is 9.90 Å². The van der Waals surface area contributed by atoms with E-state index in [1.165, 1.54) is 64.2 Å². The van der Waals surface area contributed by atoms with Gasteiger partial charge in [0.05, 0.1) is 6.10 Å². The van der Waals surface area contributed by atoms with Crippen molar-refractivity contribution in [3.8, 4) is 0 Å². The summed E-state index contributed by atoms with van der Waals surface area (Å²) in [6, 6.07) is 5.20. The zero-order valence-corrected chi connectivity index (χ0v) is 28.3. The summed E-state index contributed by atoms with van der Waals surface area (Å²) in [5, 5.41) is 11.5. The maximum Gasteiger partial charge on any atom is 0.163 e. The van der Waals surface area contributed by atoms with E-state index in [1.807, 2.05) is 0 Å². The lowest BCUT2D eigenvalue weighted by Crippen LogP contribution is -2.60. The molecule has 0 bridgehead atoms. The molecule has 5 N–H and O–H groups in total. The Bertz CT molecular complexity index is 1170. The van der Waals surface area contributed by atoms with E-state index in [1.54, 1.807) is 23.8 Å². The number of anilines is 2. The minimum atomic E-state index is -0.450. The van der Waals surface area contributed by atoms with E-state index in [4.69, 9.17) is 11.5 Å². The molecule has 0 radical (unpaired) electrons. The first-order chi connectivity index (χ1) is 20.4. The average molecular weight is 591 g/mol. The van der Waals surface area contributed by atoms with Crippen molar-refractivity contribution in [3.05, 3.63) is 35.4 Å². The molecule has 10 atom stereocenters. The Balaban J connectivity index is 1.35. The average Bonchev–Trinajstić information content (AvgIpc) is 3.37. The van der Waals surface area contributed by atoms with Gasteiger partial charge in [0.1, 0.15) is 0 Å². The number of nitrogens with two attached hydrogens (primary N) is 2. The second-order valence-electron chi connectivity index (χ2n) is 16.0. The van der Waals surface area contributed by atoms with E-state index < -0.39 is 11.5 Å². The minimum Gasteiger partial charge on any atom is -0.399 e. The molecule has 0 amide bonds. The number of Topliss-reactive ketones (excluding diaryl/α,β-unsaturated/α-hetero) is 1. The summed E-state index contributed by atoms with van der Waals surface area (Å²) in [5.74, 6) is 4.41. The van der Waals surface area contributed by atoms with Gasteiger partial charge in [-0.15, -0.1) is 0 Å². The number of benzene rings is 1. The molecule has 1 aromatic rings. The van der Waals surface area contributed by atoms with Crippen LogP contribution in [-0.4, -0.2) is 17.0 Å². The third-order valence-electron chi connectivity index (χ3n) is 14.3. The standard InChI is InChI=1S/C39H62N2O2/c1-7-26(8-2)12-10-11-25(4)31-14-15-33-30-13-16-35-37(5,32(30)17-20-39(31,33)9-3)19-18-36(43)38(35,6)24-34(42)27-21-28(40)23-29(41)22-27/h12,21-23,25,30-33,35-36,43H,7-11,13-20,24,40-41H2,1-6H3. The normalized spacial score (nSPS) is 39.3. The van der Waals surface area contributed by atoms with Crippen molar-refractivity contribution in [1.29, 1.82) is 0 Å². The molecule has 4 nitrogen and oxygen atoms in total. The van der Waals surface area contributed by atoms with E-state index in [0.29, 0.717) is 40.6 Å². The molecule has 0 aliphatic heterocycles. The Morgan fingerprint density at radius 2 is 1.65 bits per heavy atom. The predicted molar refractivity (Wildman–Crippen MR) is 181 cm³/mol. The van der Waals surface area contributed by atoms with Crippen LogP contribution in [0, 0.1) is 51.8 Å². The van der Waals surface area contributed by atoms with Gasteiger partial charge in [0.2, 0.25) is 0 Å². The van der Waals surface area contributed by atoms with Crippen molar-refractivity contribution >= 4 is 17.2 Å². The number of carbonyl (C=O) groups excluding carboxylic acids is 1. The Morgan fingerprint density at radius 3 is 2.30 bits per heavy atom. The predicted octanol–water partition coefficient (Wildman–Crippen LogP) is 9.61. The minimum absolute atomic E-state index is 0.0630. The first-order valence-electron chi connectivity index (χ1n) is 18.0. The largest absolute Gasteiger partial charge is 0.399 e. The van der Waals surface area contributed by atoms with E-state index in [2.05, 4.69) is 47.6 Å². The number of fused-ring (bicyclic) bond motifs is 5. The van der Waals surface area contributed by atoms with E-state index in [-0.39, 0.29) is 11.2 Å². The maximum absolute atomic E-state index is 13.7. The van der Waals surface area contributed by atoms with Gasteiger partial charge in [-0.1, -0.05) is 53.2 Å². The highest BCUT2D eigenvalue weighted by molar-refractivity contribution is 5.98. The van der Waals surface area contributed by atoms with Gasteiger partial charge in [-0.25, -0.2) is 0 Å². The van der Waals surface area contributed by atoms with Crippen LogP contribution in [0.5, 0.6) is 0 Å². The van der Waals surface area contributed by atoms with Crippen molar-refractivity contribution in [2.24, 2.45) is 51.8 Å². The van der Waals surface area contributed by atoms with Crippen LogP contribution in [0.15, 0.2) is 29.8 Å². The second kappa shape index (κ2) is 12.5. The number of allylic oxidation sites excluding steroid dienone is 2. The fraction of sp³-hybridized carbons (Fsp3) is 0.769. The van der Waals surface area contributed by atoms with Gasteiger partial charge < -0.3 is 16.6 Å². The van der Waals surface area contributed by atoms with Crippen LogP contribution in [0.3, 0.4) is 0 Å². The summed E-state index contributed by atoms with van der Waals surface area (Å²) in [5.41, 5.74) is 15.6. The van der Waals surface area contributed by atoms with Gasteiger partial charge in [0.25, 0.3) is 0 Å². The van der Waals surface area contributed by atoms with Crippen LogP contribution >= 0.6 is 0 Å². The molecule has 4 aliphatic carbocycles. The van der Waals surface area contributed by atoms with Crippen molar-refractivity contribution in [2.75, 3.05) is 11.5 Å². The molecular weight excluding hydrogens is 528 g/mol. The third kappa shape index (κ3) is 5.61. The monoisotopic (exact) mass is 590 g/mol. The summed E-state index contributed by atoms with van der Waals surface area (Å²) >= 11 is 0. The summed E-state index contributed by atoms with van der Waals surface area (Å²) in [7, 11) is 0. The lowest BCUT2D eigenvalue weighted by Gasteiger charge is -2.65. The van der Waals surface area contributed by atoms with Gasteiger partial charge in [-0.2, -0.15) is 0 Å². The summed E-state index contributed by atoms with van der Waals surface area (Å²) < 4.78 is 0. The van der Waals surface area contributed by atoms with Gasteiger partial charge in [0.15, 0.2) is 5.78 Å². The van der Waals surface area contributed by atoms with Gasteiger partial charge in [-0.05, 0) is 148 Å². The molecule has 43 heavy (non-hydrogen) atoms. The maximum atomic E-state index is 13.7. The summed E-state index contributed by atoms with van der Waals surface area (Å²) in [4.78, 5) is 13.7. The van der Waals surface area contributed by atoms with E-state index in [0.717, 1.165) is 42.9 Å². The second-order valence-corrected chi connectivity index (χ2v) is 16.0. The van der Waals surface area contributed by atoms with Gasteiger partial charge in [0, 0.05) is 28.8 Å². The molecule has 240 valence electrons. The summed E-state index contributed by atoms with van der Waals surface area (Å²) in [6.07, 6.45) is 18.6. The number of nitrogen functional groups attached to an aromatic ring is 2. The SMILES string of the molecule is CCC(=CCCC(C)C1CCC2C3CCC4C(C)(CC(=O)c5cc(N)cc(N)c5)C(O)CCC4(C)C3CCC12CC)CC. The fourth-order valence-corrected chi connectivity index (χ4v) is 12.1. The molecule has 4 fully saturated rings. The highest BCUT2D eigenvalue weighted by atomic mass is 16.3. The van der Waals surface area contributed by atoms with Crippen LogP contribution in [0.2, 0.25) is 0 Å². The number of carbonyl (C=O) groups is 1. The van der Waals surface area contributed by atoms with E-state index >= 15 is 0 Å². The number of aliphatic hydroxyl groups excluding tert-OH is 1. The Hall–Kier alpha value is -1.81. The number of aliphatic hydroxyl groups is 1. The zero-order valence-electron chi connectivity index (χ0n) is 28.3. The topological polar surface area (TPSA) is 89.3 Å². The molecule has 4 saturated carbocycles. The first kappa shape index (κ1) is 32.6. The van der Waals surface area contributed by atoms with Crippen molar-refractivity contribution in [1.82, 2.24) is 0 Å². The number of ketones is 1. The number of hydrogen-bond donors (Lipinski definition) is 3. The lowest BCUT2D eigenvalue weighted by atomic mass is 9.40. The molecule has 5 rings (SSSR count). The van der Waals surface area contributed by atoms with Crippen LogP contribution in [0.25, 0.3) is 0 Å². The van der Waals surface area contributed by atoms with Gasteiger partial charge >= 0.3 is 0 Å². The van der Waals surface area contributed by atoms with Crippen LogP contribution in [-0.2, 0) is 0 Å². The molecule has 1 aromatic carbocycles. The molecule has 0 saturated heterocycles. The Labute approximate surface area is 262 Å². The van der Waals surface area contributed by atoms with Gasteiger partial charge in [-0.3, -0.25) is 4.79 Å². The smallest absolute Gasteiger partial charge is 0.163 e. The molecular formula is C39H62N2O2. The molecule has 4 aliphatic rings. The van der Waals surface area contributed by atoms with E-state index in [9.17, 15) is 9.90 Å². The first-order valence-corrected chi connectivity index (χ1v) is 18.0. The Morgan fingerprint density at radius 1 is 0.953 bits per heavy atom. The molecule has 0 spiro atoms. The van der Waals surface area contributed by atoms with Crippen molar-refractivity contribution in [3.63, 3.8) is 0 Å². The highest BCUT2D eigenvalue weighted by Gasteiger charge is 2.64. The molecule has 0 heterocycles. The number of rotatable bonds is 10. The van der Waals surface area contributed by atoms with Crippen LogP contribution in [0.1, 0.15) is 142 Å². The van der Waals surface area contributed by atoms with Crippen LogP contribution in [0.4, 0.5) is 11.4 Å². The zero-order chi connectivity index (χ0) is 31.2. The molecule has 10 unspecified atom stereocenters. The Kier molecular flexibility index (Phi) is 9.49. The molecule has 0 aromatic heterocycles. The summed E-state index contributed by atoms with van der Waals surface area (Å²) in [6.45, 7) is 14.4. The highest BCUT2D eigenvalue weighted by Crippen LogP contribution is 2.71. The lowest BCUT2D eigenvalue weighted by molar-refractivity contribution is -0.185. The van der Waals surface area contributed by atoms with Crippen molar-refractivity contribution in [2.45, 2.75) is 138 Å². The fourth-order valence-electron chi connectivity index (χ4n) is 12.1.